The second kappa shape index (κ2) is 11.8. The number of carbonyl (C=O) groups excluding carboxylic acids is 2. The van der Waals surface area contributed by atoms with Gasteiger partial charge in [0.2, 0.25) is 0 Å². The van der Waals surface area contributed by atoms with Crippen LogP contribution in [-0.4, -0.2) is 44.3 Å². The van der Waals surface area contributed by atoms with Crippen molar-refractivity contribution in [3.05, 3.63) is 142 Å². The number of nitrogens with zero attached hydrogens (tertiary/aromatic N) is 4. The molecule has 5 aromatic rings. The van der Waals surface area contributed by atoms with Crippen LogP contribution >= 0.6 is 15.9 Å². The second-order valence-electron chi connectivity index (χ2n) is 10.2. The number of para-hydroxylation sites is 3. The van der Waals surface area contributed by atoms with Gasteiger partial charge in [-0.25, -0.2) is 4.68 Å². The van der Waals surface area contributed by atoms with Gasteiger partial charge in [0.25, 0.3) is 11.8 Å². The van der Waals surface area contributed by atoms with Crippen LogP contribution in [0.25, 0.3) is 5.69 Å². The van der Waals surface area contributed by atoms with Gasteiger partial charge >= 0.3 is 0 Å². The fourth-order valence-electron chi connectivity index (χ4n) is 5.48. The van der Waals surface area contributed by atoms with Crippen LogP contribution < -0.4 is 4.90 Å². The monoisotopic (exact) mass is 620 g/mol. The lowest BCUT2D eigenvalue weighted by molar-refractivity contribution is 0.0544. The molecular weight excluding hydrogens is 592 g/mol. The van der Waals surface area contributed by atoms with E-state index in [1.54, 1.807) is 20.5 Å². The summed E-state index contributed by atoms with van der Waals surface area (Å²) in [4.78, 5) is 31.6. The zero-order valence-corrected chi connectivity index (χ0v) is 24.6. The van der Waals surface area contributed by atoms with Gasteiger partial charge in [-0.2, -0.15) is 5.10 Å². The highest BCUT2D eigenvalue weighted by molar-refractivity contribution is 9.10. The summed E-state index contributed by atoms with van der Waals surface area (Å²) in [6.45, 7) is 2.13. The number of carbonyl (C=O) groups is 2. The first-order chi connectivity index (χ1) is 20.5. The highest BCUT2D eigenvalue weighted by Crippen LogP contribution is 2.33. The number of aliphatic hydroxyl groups is 1. The Kier molecular flexibility index (Phi) is 7.73. The standard InChI is InChI=1S/C34H29BrN4O3/c1-23-31(35)32(34(42)38(26-14-4-2-5-15-26)27-16-6-3-7-17-27)36-39(23)30-19-11-10-18-29(30)33(41)37-21-25-13-9-8-12-24(25)20-28(37)22-40/h2-19,28,40H,20-22H2,1H3/t28-/m0/s1. The molecule has 1 N–H and O–H groups in total. The van der Waals surface area contributed by atoms with Crippen molar-refractivity contribution in [2.45, 2.75) is 25.9 Å². The smallest absolute Gasteiger partial charge is 0.284 e. The second-order valence-corrected chi connectivity index (χ2v) is 11.0. The average Bonchev–Trinajstić information content (AvgIpc) is 3.34. The van der Waals surface area contributed by atoms with E-state index in [4.69, 9.17) is 5.10 Å². The first-order valence-corrected chi connectivity index (χ1v) is 14.5. The molecule has 0 saturated heterocycles. The van der Waals surface area contributed by atoms with Crippen LogP contribution in [0.1, 0.15) is 37.7 Å². The van der Waals surface area contributed by atoms with Crippen LogP contribution in [0.3, 0.4) is 0 Å². The maximum atomic E-state index is 14.1. The van der Waals surface area contributed by atoms with Crippen LogP contribution in [0.5, 0.6) is 0 Å². The van der Waals surface area contributed by atoms with Gasteiger partial charge in [0.15, 0.2) is 5.69 Å². The number of hydrogen-bond donors (Lipinski definition) is 1. The minimum Gasteiger partial charge on any atom is -0.394 e. The Morgan fingerprint density at radius 3 is 2.07 bits per heavy atom. The summed E-state index contributed by atoms with van der Waals surface area (Å²) < 4.78 is 2.19. The number of benzene rings is 4. The third-order valence-electron chi connectivity index (χ3n) is 7.67. The van der Waals surface area contributed by atoms with Crippen molar-refractivity contribution < 1.29 is 14.7 Å². The highest BCUT2D eigenvalue weighted by atomic mass is 79.9. The van der Waals surface area contributed by atoms with Gasteiger partial charge in [-0.3, -0.25) is 14.5 Å². The summed E-state index contributed by atoms with van der Waals surface area (Å²) in [5.74, 6) is -0.508. The summed E-state index contributed by atoms with van der Waals surface area (Å²) in [7, 11) is 0. The number of aliphatic hydroxyl groups excluding tert-OH is 1. The van der Waals surface area contributed by atoms with Crippen LogP contribution in [-0.2, 0) is 13.0 Å². The molecule has 210 valence electrons. The van der Waals surface area contributed by atoms with Gasteiger partial charge in [0.1, 0.15) is 0 Å². The van der Waals surface area contributed by atoms with Crippen molar-refractivity contribution in [2.24, 2.45) is 0 Å². The molecule has 4 aromatic carbocycles. The van der Waals surface area contributed by atoms with Gasteiger partial charge in [-0.15, -0.1) is 0 Å². The molecule has 2 amide bonds. The largest absolute Gasteiger partial charge is 0.394 e. The van der Waals surface area contributed by atoms with E-state index in [9.17, 15) is 14.7 Å². The molecule has 42 heavy (non-hydrogen) atoms. The van der Waals surface area contributed by atoms with Crippen LogP contribution in [0, 0.1) is 6.92 Å². The van der Waals surface area contributed by atoms with E-state index in [0.29, 0.717) is 45.8 Å². The maximum Gasteiger partial charge on any atom is 0.284 e. The molecular formula is C34H29BrN4O3. The van der Waals surface area contributed by atoms with E-state index in [1.165, 1.54) is 0 Å². The molecule has 1 atom stereocenters. The molecule has 2 heterocycles. The number of fused-ring (bicyclic) bond motifs is 1. The molecule has 1 aliphatic heterocycles. The molecule has 0 spiro atoms. The van der Waals surface area contributed by atoms with Crippen molar-refractivity contribution in [3.8, 4) is 5.69 Å². The maximum absolute atomic E-state index is 14.1. The summed E-state index contributed by atoms with van der Waals surface area (Å²) in [6.07, 6.45) is 0.584. The number of halogens is 1. The van der Waals surface area contributed by atoms with E-state index in [-0.39, 0.29) is 30.2 Å². The SMILES string of the molecule is Cc1c(Br)c(C(=O)N(c2ccccc2)c2ccccc2)nn1-c1ccccc1C(=O)N1Cc2ccccc2C[C@H]1CO. The molecule has 0 aliphatic carbocycles. The van der Waals surface area contributed by atoms with Crippen molar-refractivity contribution >= 4 is 39.1 Å². The summed E-state index contributed by atoms with van der Waals surface area (Å²) in [5.41, 5.74) is 5.54. The molecule has 7 nitrogen and oxygen atoms in total. The van der Waals surface area contributed by atoms with Crippen molar-refractivity contribution in [2.75, 3.05) is 11.5 Å². The van der Waals surface area contributed by atoms with Gasteiger partial charge in [0, 0.05) is 17.9 Å². The zero-order valence-electron chi connectivity index (χ0n) is 23.0. The summed E-state index contributed by atoms with van der Waals surface area (Å²) in [6, 6.07) is 33.8. The number of anilines is 2. The molecule has 1 aromatic heterocycles. The normalized spacial score (nSPS) is 14.4. The highest BCUT2D eigenvalue weighted by Gasteiger charge is 2.32. The van der Waals surface area contributed by atoms with E-state index >= 15 is 0 Å². The van der Waals surface area contributed by atoms with Crippen molar-refractivity contribution in [1.82, 2.24) is 14.7 Å². The molecule has 1 aliphatic rings. The molecule has 0 unspecified atom stereocenters. The molecule has 0 radical (unpaired) electrons. The van der Waals surface area contributed by atoms with Gasteiger partial charge < -0.3 is 10.0 Å². The van der Waals surface area contributed by atoms with Crippen LogP contribution in [0.2, 0.25) is 0 Å². The minimum absolute atomic E-state index is 0.137. The fourth-order valence-corrected chi connectivity index (χ4v) is 5.90. The Hall–Kier alpha value is -4.53. The number of amides is 2. The lowest BCUT2D eigenvalue weighted by Crippen LogP contribution is -2.46. The Morgan fingerprint density at radius 2 is 1.43 bits per heavy atom. The number of rotatable bonds is 6. The van der Waals surface area contributed by atoms with E-state index in [2.05, 4.69) is 15.9 Å². The Balaban J connectivity index is 1.40. The molecule has 0 bridgehead atoms. The molecule has 8 heteroatoms. The first kappa shape index (κ1) is 27.6. The summed E-state index contributed by atoms with van der Waals surface area (Å²) >= 11 is 3.63. The van der Waals surface area contributed by atoms with E-state index < -0.39 is 0 Å². The van der Waals surface area contributed by atoms with Gasteiger partial charge in [-0.05, 0) is 76.8 Å². The Morgan fingerprint density at radius 1 is 0.857 bits per heavy atom. The Bertz CT molecular complexity index is 1710. The third kappa shape index (κ3) is 5.04. The molecule has 6 rings (SSSR count). The van der Waals surface area contributed by atoms with Crippen LogP contribution in [0.15, 0.2) is 114 Å². The first-order valence-electron chi connectivity index (χ1n) is 13.8. The Labute approximate surface area is 252 Å². The summed E-state index contributed by atoms with van der Waals surface area (Å²) in [5, 5.41) is 15.0. The third-order valence-corrected chi connectivity index (χ3v) is 8.62. The lowest BCUT2D eigenvalue weighted by atomic mass is 9.93. The lowest BCUT2D eigenvalue weighted by Gasteiger charge is -2.36. The molecule has 0 fully saturated rings. The molecule has 0 saturated carbocycles. The van der Waals surface area contributed by atoms with Gasteiger partial charge in [0.05, 0.1) is 34.1 Å². The number of aromatic nitrogens is 2. The fraction of sp³-hybridized carbons (Fsp3) is 0.147. The van der Waals surface area contributed by atoms with E-state index in [1.807, 2.05) is 110 Å². The van der Waals surface area contributed by atoms with Gasteiger partial charge in [-0.1, -0.05) is 72.8 Å². The minimum atomic E-state index is -0.339. The quantitative estimate of drug-likeness (QED) is 0.236. The average molecular weight is 622 g/mol. The predicted octanol–water partition coefficient (Wildman–Crippen LogP) is 6.48. The predicted molar refractivity (Wildman–Crippen MR) is 166 cm³/mol. The van der Waals surface area contributed by atoms with E-state index in [0.717, 1.165) is 11.1 Å². The van der Waals surface area contributed by atoms with Crippen molar-refractivity contribution in [3.63, 3.8) is 0 Å². The zero-order chi connectivity index (χ0) is 29.2. The van der Waals surface area contributed by atoms with Crippen molar-refractivity contribution in [1.29, 1.82) is 0 Å². The number of hydrogen-bond acceptors (Lipinski definition) is 4. The topological polar surface area (TPSA) is 78.7 Å². The van der Waals surface area contributed by atoms with Crippen LogP contribution in [0.4, 0.5) is 11.4 Å².